The van der Waals surface area contributed by atoms with Gasteiger partial charge in [-0.25, -0.2) is 0 Å². The van der Waals surface area contributed by atoms with E-state index in [0.29, 0.717) is 12.8 Å². The van der Waals surface area contributed by atoms with Crippen molar-refractivity contribution in [2.24, 2.45) is 5.41 Å². The summed E-state index contributed by atoms with van der Waals surface area (Å²) in [5.74, 6) is -0.361. The Balaban J connectivity index is 2.33. The van der Waals surface area contributed by atoms with Gasteiger partial charge in [0.25, 0.3) is 0 Å². The molecule has 1 heterocycles. The molecule has 0 spiro atoms. The van der Waals surface area contributed by atoms with Gasteiger partial charge in [-0.1, -0.05) is 13.8 Å². The van der Waals surface area contributed by atoms with Crippen LogP contribution < -0.4 is 0 Å². The summed E-state index contributed by atoms with van der Waals surface area (Å²) >= 11 is 0. The predicted octanol–water partition coefficient (Wildman–Crippen LogP) is 0.214. The van der Waals surface area contributed by atoms with Crippen LogP contribution in [0, 0.1) is 5.41 Å². The van der Waals surface area contributed by atoms with Crippen molar-refractivity contribution in [1.29, 1.82) is 0 Å². The average Bonchev–Trinajstić information content (AvgIpc) is 2.25. The normalized spacial score (nSPS) is 45.9. The number of hydrogen-bond donors (Lipinski definition) is 2. The molecule has 0 aromatic carbocycles. The number of carbonyl (C=O) groups excluding carboxylic acids is 1. The largest absolute Gasteiger partial charge is 0.459 e. The first-order chi connectivity index (χ1) is 6.35. The third-order valence-corrected chi connectivity index (χ3v) is 3.62. The van der Waals surface area contributed by atoms with Gasteiger partial charge in [0.2, 0.25) is 0 Å². The molecule has 80 valence electrons. The van der Waals surface area contributed by atoms with Crippen LogP contribution in [0.15, 0.2) is 0 Å². The molecule has 2 aliphatic rings. The van der Waals surface area contributed by atoms with E-state index < -0.39 is 23.2 Å². The third-order valence-electron chi connectivity index (χ3n) is 3.62. The Bertz CT molecular complexity index is 273. The zero-order valence-corrected chi connectivity index (χ0v) is 8.49. The van der Waals surface area contributed by atoms with Gasteiger partial charge in [0.05, 0.1) is 12.5 Å². The summed E-state index contributed by atoms with van der Waals surface area (Å²) in [6.45, 7) is 3.73. The molecule has 0 aromatic heterocycles. The molecule has 1 aliphatic heterocycles. The van der Waals surface area contributed by atoms with Gasteiger partial charge in [-0.15, -0.1) is 0 Å². The Labute approximate surface area is 82.9 Å². The van der Waals surface area contributed by atoms with E-state index in [1.807, 2.05) is 13.8 Å². The Morgan fingerprint density at radius 2 is 2.14 bits per heavy atom. The molecule has 0 radical (unpaired) electrons. The van der Waals surface area contributed by atoms with Gasteiger partial charge in [0, 0.05) is 11.8 Å². The molecular weight excluding hydrogens is 184 g/mol. The van der Waals surface area contributed by atoms with Crippen molar-refractivity contribution in [3.05, 3.63) is 0 Å². The highest BCUT2D eigenvalue weighted by Gasteiger charge is 2.60. The molecule has 2 rings (SSSR count). The van der Waals surface area contributed by atoms with Crippen LogP contribution in [0.3, 0.4) is 0 Å². The van der Waals surface area contributed by atoms with E-state index in [1.165, 1.54) is 0 Å². The monoisotopic (exact) mass is 200 g/mol. The third kappa shape index (κ3) is 1.17. The lowest BCUT2D eigenvalue weighted by atomic mass is 9.63. The van der Waals surface area contributed by atoms with Crippen LogP contribution in [-0.2, 0) is 9.53 Å². The van der Waals surface area contributed by atoms with E-state index in [4.69, 9.17) is 4.74 Å². The number of aliphatic hydroxyl groups excluding tert-OH is 1. The van der Waals surface area contributed by atoms with Gasteiger partial charge in [-0.3, -0.25) is 4.79 Å². The quantitative estimate of drug-likeness (QED) is 0.549. The molecule has 2 fully saturated rings. The van der Waals surface area contributed by atoms with E-state index in [-0.39, 0.29) is 12.4 Å². The summed E-state index contributed by atoms with van der Waals surface area (Å²) in [5, 5.41) is 20.0. The highest BCUT2D eigenvalue weighted by Crippen LogP contribution is 2.50. The Kier molecular flexibility index (Phi) is 1.92. The Morgan fingerprint density at radius 1 is 1.50 bits per heavy atom. The first-order valence-electron chi connectivity index (χ1n) is 4.95. The standard InChI is InChI=1S/C10H16O4/c1-9(2)4-6(11)3-7-10(9,13)5-8(12)14-7/h6-7,11,13H,3-5H2,1-2H3/t6-,7+,10-/m0/s1. The molecule has 3 atom stereocenters. The fraction of sp³-hybridized carbons (Fsp3) is 0.900. The molecule has 14 heavy (non-hydrogen) atoms. The zero-order chi connectivity index (χ0) is 10.6. The molecule has 0 amide bonds. The number of aliphatic hydroxyl groups is 2. The second-order valence-electron chi connectivity index (χ2n) is 5.06. The number of rotatable bonds is 0. The number of ether oxygens (including phenoxy) is 1. The summed E-state index contributed by atoms with van der Waals surface area (Å²) < 4.78 is 5.03. The van der Waals surface area contributed by atoms with Crippen LogP contribution in [-0.4, -0.2) is 34.0 Å². The minimum Gasteiger partial charge on any atom is -0.459 e. The topological polar surface area (TPSA) is 66.8 Å². The van der Waals surface area contributed by atoms with Crippen molar-refractivity contribution in [1.82, 2.24) is 0 Å². The smallest absolute Gasteiger partial charge is 0.309 e. The first kappa shape index (κ1) is 9.93. The molecule has 1 saturated heterocycles. The molecule has 4 heteroatoms. The van der Waals surface area contributed by atoms with Crippen LogP contribution in [0.25, 0.3) is 0 Å². The minimum absolute atomic E-state index is 0.0530. The van der Waals surface area contributed by atoms with Crippen molar-refractivity contribution in [2.45, 2.75) is 50.9 Å². The maximum Gasteiger partial charge on any atom is 0.309 e. The molecule has 0 unspecified atom stereocenters. The van der Waals surface area contributed by atoms with E-state index >= 15 is 0 Å². The van der Waals surface area contributed by atoms with Gasteiger partial charge in [0.15, 0.2) is 0 Å². The van der Waals surface area contributed by atoms with Crippen molar-refractivity contribution >= 4 is 5.97 Å². The molecule has 4 nitrogen and oxygen atoms in total. The van der Waals surface area contributed by atoms with E-state index in [9.17, 15) is 15.0 Å². The number of fused-ring (bicyclic) bond motifs is 1. The highest BCUT2D eigenvalue weighted by molar-refractivity contribution is 5.74. The van der Waals surface area contributed by atoms with Gasteiger partial charge in [-0.05, 0) is 6.42 Å². The number of carbonyl (C=O) groups is 1. The molecule has 1 aliphatic carbocycles. The summed E-state index contributed by atoms with van der Waals surface area (Å²) in [7, 11) is 0. The van der Waals surface area contributed by atoms with Crippen LogP contribution in [0.5, 0.6) is 0 Å². The number of hydrogen-bond acceptors (Lipinski definition) is 4. The first-order valence-corrected chi connectivity index (χ1v) is 4.95. The summed E-state index contributed by atoms with van der Waals surface area (Å²) in [5.41, 5.74) is -1.56. The fourth-order valence-electron chi connectivity index (χ4n) is 2.65. The van der Waals surface area contributed by atoms with Crippen LogP contribution in [0.2, 0.25) is 0 Å². The lowest BCUT2D eigenvalue weighted by molar-refractivity contribution is -0.169. The Hall–Kier alpha value is -0.610. The lowest BCUT2D eigenvalue weighted by Gasteiger charge is -2.47. The van der Waals surface area contributed by atoms with Crippen molar-refractivity contribution in [3.63, 3.8) is 0 Å². The second kappa shape index (κ2) is 2.70. The zero-order valence-electron chi connectivity index (χ0n) is 8.49. The van der Waals surface area contributed by atoms with E-state index in [1.54, 1.807) is 0 Å². The van der Waals surface area contributed by atoms with Crippen molar-refractivity contribution in [3.8, 4) is 0 Å². The average molecular weight is 200 g/mol. The maximum absolute atomic E-state index is 11.1. The summed E-state index contributed by atoms with van der Waals surface area (Å²) in [4.78, 5) is 11.1. The summed E-state index contributed by atoms with van der Waals surface area (Å²) in [6, 6.07) is 0. The molecule has 0 aromatic rings. The van der Waals surface area contributed by atoms with Crippen molar-refractivity contribution < 1.29 is 19.7 Å². The molecule has 0 bridgehead atoms. The second-order valence-corrected chi connectivity index (χ2v) is 5.06. The number of esters is 1. The van der Waals surface area contributed by atoms with E-state index in [0.717, 1.165) is 0 Å². The van der Waals surface area contributed by atoms with Gasteiger partial charge in [-0.2, -0.15) is 0 Å². The lowest BCUT2D eigenvalue weighted by Crippen LogP contribution is -2.56. The van der Waals surface area contributed by atoms with Crippen LogP contribution in [0.4, 0.5) is 0 Å². The predicted molar refractivity (Wildman–Crippen MR) is 48.5 cm³/mol. The van der Waals surface area contributed by atoms with Gasteiger partial charge >= 0.3 is 5.97 Å². The SMILES string of the molecule is CC1(C)C[C@@H](O)C[C@H]2OC(=O)C[C@]21O. The van der Waals surface area contributed by atoms with Crippen LogP contribution in [0.1, 0.15) is 33.1 Å². The maximum atomic E-state index is 11.1. The highest BCUT2D eigenvalue weighted by atomic mass is 16.6. The van der Waals surface area contributed by atoms with Gasteiger partial charge in [0.1, 0.15) is 11.7 Å². The minimum atomic E-state index is -1.09. The van der Waals surface area contributed by atoms with Crippen LogP contribution >= 0.6 is 0 Å². The molecular formula is C10H16O4. The van der Waals surface area contributed by atoms with E-state index in [2.05, 4.69) is 0 Å². The molecule has 1 saturated carbocycles. The Morgan fingerprint density at radius 3 is 2.79 bits per heavy atom. The fourth-order valence-corrected chi connectivity index (χ4v) is 2.65. The van der Waals surface area contributed by atoms with Gasteiger partial charge < -0.3 is 14.9 Å². The molecule has 2 N–H and O–H groups in total. The van der Waals surface area contributed by atoms with Crippen molar-refractivity contribution in [2.75, 3.05) is 0 Å². The summed E-state index contributed by atoms with van der Waals surface area (Å²) in [6.07, 6.45) is -0.102.